The Morgan fingerprint density at radius 3 is 2.34 bits per heavy atom. The van der Waals surface area contributed by atoms with Crippen LogP contribution in [0.25, 0.3) is 0 Å². The normalized spacial score (nSPS) is 33.4. The van der Waals surface area contributed by atoms with Crippen LogP contribution >= 0.6 is 0 Å². The zero-order chi connectivity index (χ0) is 28.8. The highest BCUT2D eigenvalue weighted by Gasteiger charge is 2.80. The number of amides is 3. The molecule has 7 atom stereocenters. The molecule has 3 amide bonds. The third kappa shape index (κ3) is 4.65. The van der Waals surface area contributed by atoms with Crippen LogP contribution in [0.1, 0.15) is 57.9 Å². The fourth-order valence-electron chi connectivity index (χ4n) is 8.18. The molecule has 2 aromatic carbocycles. The van der Waals surface area contributed by atoms with Crippen molar-refractivity contribution in [3.8, 4) is 0 Å². The predicted molar refractivity (Wildman–Crippen MR) is 155 cm³/mol. The Bertz CT molecular complexity index is 1280. The van der Waals surface area contributed by atoms with Crippen molar-refractivity contribution in [2.24, 2.45) is 17.8 Å². The van der Waals surface area contributed by atoms with Crippen molar-refractivity contribution in [2.75, 3.05) is 11.9 Å². The van der Waals surface area contributed by atoms with Crippen LogP contribution in [0.15, 0.2) is 60.7 Å². The van der Waals surface area contributed by atoms with E-state index in [0.717, 1.165) is 37.7 Å². The number of nitrogens with one attached hydrogen (secondary N) is 2. The van der Waals surface area contributed by atoms with Crippen LogP contribution in [0, 0.1) is 17.8 Å². The number of nitrogens with zero attached hydrogens (tertiary/aromatic N) is 1. The molecule has 3 N–H and O–H groups in total. The summed E-state index contributed by atoms with van der Waals surface area (Å²) >= 11 is 0. The zero-order valence-corrected chi connectivity index (χ0v) is 23.9. The van der Waals surface area contributed by atoms with Gasteiger partial charge in [0, 0.05) is 11.7 Å². The number of hydrogen-bond donors (Lipinski definition) is 3. The van der Waals surface area contributed by atoms with Gasteiger partial charge in [0.05, 0.1) is 30.1 Å². The number of carbonyl (C=O) groups is 3. The van der Waals surface area contributed by atoms with E-state index in [9.17, 15) is 19.5 Å². The highest BCUT2D eigenvalue weighted by molar-refractivity contribution is 6.02. The van der Waals surface area contributed by atoms with E-state index in [0.29, 0.717) is 18.5 Å². The molecule has 3 saturated heterocycles. The van der Waals surface area contributed by atoms with Gasteiger partial charge in [-0.05, 0) is 56.2 Å². The van der Waals surface area contributed by atoms with Gasteiger partial charge < -0.3 is 25.4 Å². The lowest BCUT2D eigenvalue weighted by molar-refractivity contribution is -0.150. The summed E-state index contributed by atoms with van der Waals surface area (Å²) in [5, 5.41) is 16.9. The molecule has 8 nitrogen and oxygen atoms in total. The average molecular weight is 560 g/mol. The van der Waals surface area contributed by atoms with Gasteiger partial charge in [-0.2, -0.15) is 0 Å². The van der Waals surface area contributed by atoms with Gasteiger partial charge in [-0.1, -0.05) is 74.7 Å². The molecule has 3 heterocycles. The summed E-state index contributed by atoms with van der Waals surface area (Å²) in [4.78, 5) is 44.4. The van der Waals surface area contributed by atoms with Gasteiger partial charge in [0.1, 0.15) is 11.6 Å². The minimum atomic E-state index is -1.15. The van der Waals surface area contributed by atoms with E-state index in [1.807, 2.05) is 74.5 Å². The number of hydrogen-bond acceptors (Lipinski definition) is 5. The molecule has 1 spiro atoms. The van der Waals surface area contributed by atoms with Crippen LogP contribution in [0.5, 0.6) is 0 Å². The first kappa shape index (κ1) is 27.9. The van der Waals surface area contributed by atoms with E-state index in [4.69, 9.17) is 4.74 Å². The second-order valence-electron chi connectivity index (χ2n) is 12.7. The van der Waals surface area contributed by atoms with Crippen molar-refractivity contribution in [3.05, 3.63) is 66.2 Å². The van der Waals surface area contributed by atoms with Crippen LogP contribution < -0.4 is 10.6 Å². The third-order valence-electron chi connectivity index (χ3n) is 10.2. The number of benzene rings is 2. The number of anilines is 1. The first-order chi connectivity index (χ1) is 19.8. The summed E-state index contributed by atoms with van der Waals surface area (Å²) in [7, 11) is 0. The fourth-order valence-corrected chi connectivity index (χ4v) is 8.18. The molecule has 1 aliphatic carbocycles. The summed E-state index contributed by atoms with van der Waals surface area (Å²) in [6.45, 7) is 3.66. The number of para-hydroxylation sites is 1. The van der Waals surface area contributed by atoms with Gasteiger partial charge in [-0.15, -0.1) is 0 Å². The van der Waals surface area contributed by atoms with Crippen molar-refractivity contribution < 1.29 is 24.2 Å². The Morgan fingerprint density at radius 2 is 1.68 bits per heavy atom. The Labute approximate surface area is 241 Å². The molecule has 8 heteroatoms. The summed E-state index contributed by atoms with van der Waals surface area (Å²) < 4.78 is 6.86. The lowest BCUT2D eigenvalue weighted by Crippen LogP contribution is -2.59. The molecule has 6 rings (SSSR count). The Morgan fingerprint density at radius 1 is 1.02 bits per heavy atom. The lowest BCUT2D eigenvalue weighted by atomic mass is 9.62. The number of likely N-dealkylation sites (tertiary alicyclic amines) is 1. The summed E-state index contributed by atoms with van der Waals surface area (Å²) in [5.74, 6) is -2.44. The van der Waals surface area contributed by atoms with E-state index in [1.54, 1.807) is 4.90 Å². The van der Waals surface area contributed by atoms with Gasteiger partial charge in [0.15, 0.2) is 0 Å². The molecule has 2 aromatic rings. The van der Waals surface area contributed by atoms with Crippen molar-refractivity contribution in [3.63, 3.8) is 0 Å². The first-order valence-electron chi connectivity index (χ1n) is 15.1. The molecule has 4 aliphatic rings. The second-order valence-corrected chi connectivity index (χ2v) is 12.7. The van der Waals surface area contributed by atoms with Crippen LogP contribution in [-0.4, -0.2) is 63.7 Å². The molecule has 41 heavy (non-hydrogen) atoms. The summed E-state index contributed by atoms with van der Waals surface area (Å²) in [5.41, 5.74) is -0.434. The molecule has 0 radical (unpaired) electrons. The van der Waals surface area contributed by atoms with Crippen LogP contribution in [-0.2, 0) is 25.5 Å². The molecule has 2 bridgehead atoms. The quantitative estimate of drug-likeness (QED) is 0.457. The fraction of sp³-hybridized carbons (Fsp3) is 0.545. The Kier molecular flexibility index (Phi) is 7.41. The van der Waals surface area contributed by atoms with E-state index in [2.05, 4.69) is 10.6 Å². The highest BCUT2D eigenvalue weighted by Crippen LogP contribution is 2.65. The largest absolute Gasteiger partial charge is 0.394 e. The molecule has 1 saturated carbocycles. The Balaban J connectivity index is 1.39. The van der Waals surface area contributed by atoms with Gasteiger partial charge in [0.25, 0.3) is 0 Å². The van der Waals surface area contributed by atoms with Crippen LogP contribution in [0.4, 0.5) is 5.69 Å². The second kappa shape index (κ2) is 10.9. The van der Waals surface area contributed by atoms with Crippen molar-refractivity contribution in [1.29, 1.82) is 0 Å². The number of ether oxygens (including phenoxy) is 1. The van der Waals surface area contributed by atoms with Crippen molar-refractivity contribution in [2.45, 2.75) is 88.1 Å². The summed E-state index contributed by atoms with van der Waals surface area (Å²) in [6.07, 6.45) is 6.00. The van der Waals surface area contributed by atoms with Crippen LogP contribution in [0.2, 0.25) is 0 Å². The Hall–Kier alpha value is -3.23. The molecular weight excluding hydrogens is 518 g/mol. The average Bonchev–Trinajstić information content (AvgIpc) is 3.50. The number of aliphatic hydroxyl groups excluding tert-OH is 1. The SMILES string of the molecule is CC1CC23O[C@@]1(C)[C@H](C(=O)Nc1ccccc1)[C@H]2C(=O)N([C@@H](CO)Cc1ccccc1)C3C(=O)NC1CCCCC1. The van der Waals surface area contributed by atoms with Gasteiger partial charge in [-0.3, -0.25) is 14.4 Å². The van der Waals surface area contributed by atoms with Crippen LogP contribution in [0.3, 0.4) is 0 Å². The van der Waals surface area contributed by atoms with Gasteiger partial charge in [0.2, 0.25) is 17.7 Å². The number of carbonyl (C=O) groups excluding carboxylic acids is 3. The molecule has 0 aromatic heterocycles. The standard InChI is InChI=1S/C33H41N3O5/c1-21-19-33-27(26(32(21,2)41-33)29(38)34-23-14-8-4-9-15-23)31(40)36(25(20-37)18-22-12-6-3-7-13-22)28(33)30(39)35-24-16-10-5-11-17-24/h3-4,6-9,12-15,21,24-28,37H,5,10-11,16-20H2,1-2H3,(H,34,38)(H,35,39)/t21?,25-,26+,27+,28?,32-,33?/m1/s1. The van der Waals surface area contributed by atoms with E-state index >= 15 is 0 Å². The first-order valence-corrected chi connectivity index (χ1v) is 15.1. The molecule has 3 aliphatic heterocycles. The van der Waals surface area contributed by atoms with E-state index < -0.39 is 35.1 Å². The molecule has 3 unspecified atom stereocenters. The molecular formula is C33H41N3O5. The predicted octanol–water partition coefficient (Wildman–Crippen LogP) is 3.69. The number of fused-ring (bicyclic) bond motifs is 1. The van der Waals surface area contributed by atoms with Crippen molar-refractivity contribution >= 4 is 23.4 Å². The topological polar surface area (TPSA) is 108 Å². The van der Waals surface area contributed by atoms with E-state index in [-0.39, 0.29) is 36.3 Å². The zero-order valence-electron chi connectivity index (χ0n) is 23.9. The van der Waals surface area contributed by atoms with E-state index in [1.165, 1.54) is 0 Å². The van der Waals surface area contributed by atoms with Gasteiger partial charge >= 0.3 is 0 Å². The minimum absolute atomic E-state index is 0.0501. The smallest absolute Gasteiger partial charge is 0.246 e. The summed E-state index contributed by atoms with van der Waals surface area (Å²) in [6, 6.07) is 17.4. The molecule has 4 fully saturated rings. The maximum absolute atomic E-state index is 14.6. The maximum Gasteiger partial charge on any atom is 0.246 e. The third-order valence-corrected chi connectivity index (χ3v) is 10.2. The monoisotopic (exact) mass is 559 g/mol. The molecule has 218 valence electrons. The number of rotatable bonds is 8. The highest BCUT2D eigenvalue weighted by atomic mass is 16.5. The number of aliphatic hydroxyl groups is 1. The van der Waals surface area contributed by atoms with Gasteiger partial charge in [-0.25, -0.2) is 0 Å². The van der Waals surface area contributed by atoms with Crippen molar-refractivity contribution in [1.82, 2.24) is 10.2 Å². The minimum Gasteiger partial charge on any atom is -0.394 e. The maximum atomic E-state index is 14.6. The lowest BCUT2D eigenvalue weighted by Gasteiger charge is -2.38.